The van der Waals surface area contributed by atoms with Gasteiger partial charge in [-0.3, -0.25) is 20.2 Å². The number of nitrogens with zero attached hydrogens (tertiary/aromatic N) is 2. The maximum atomic E-state index is 17.4. The molecule has 5 aromatic rings. The van der Waals surface area contributed by atoms with Gasteiger partial charge in [0.05, 0.1) is 9.85 Å². The molecule has 2 unspecified atom stereocenters. The highest BCUT2D eigenvalue weighted by Crippen LogP contribution is 2.51. The molecular weight excluding hydrogens is 684 g/mol. The van der Waals surface area contributed by atoms with Gasteiger partial charge in [0.25, 0.3) is 11.4 Å². The van der Waals surface area contributed by atoms with Crippen LogP contribution in [-0.4, -0.2) is 9.85 Å². The molecule has 0 aliphatic heterocycles. The van der Waals surface area contributed by atoms with E-state index in [1.165, 1.54) is 54.6 Å². The molecule has 2 atom stereocenters. The van der Waals surface area contributed by atoms with Crippen molar-refractivity contribution in [3.05, 3.63) is 185 Å². The number of rotatable bonds is 15. The van der Waals surface area contributed by atoms with E-state index >= 15 is 8.78 Å². The molecule has 53 heavy (non-hydrogen) atoms. The SMILES string of the molecule is CC(C)CC(C1CC1)C(Cc1ccccc1[N+](=O)[O-])c1c(F)c(F)c(Cc2ccc(F)cc2)c(Cc2ccc(F)cc2)c1Cc1cccc([N+](=O)[O-])c1. The standard InChI is InChI=1S/C43H40F4N2O4/c1-26(2)20-35(30-14-15-30)38(25-31-7-3-4-9-40(31)49(52)53)41-37(24-29-6-5-8-34(21-29)48(50)51)36(22-27-10-16-32(44)17-11-27)39(42(46)43(41)47)23-28-12-18-33(45)19-13-28/h3-13,16-19,21,26,30,35,38H,14-15,20,22-25H2,1-2H3. The van der Waals surface area contributed by atoms with E-state index in [0.29, 0.717) is 39.8 Å². The zero-order chi connectivity index (χ0) is 37.8. The molecule has 1 aliphatic carbocycles. The van der Waals surface area contributed by atoms with Gasteiger partial charge in [0.2, 0.25) is 0 Å². The molecule has 5 aromatic carbocycles. The quantitative estimate of drug-likeness (QED) is 0.0611. The molecule has 1 saturated carbocycles. The van der Waals surface area contributed by atoms with Crippen LogP contribution in [0.2, 0.25) is 0 Å². The topological polar surface area (TPSA) is 86.3 Å². The summed E-state index contributed by atoms with van der Waals surface area (Å²) in [5.41, 5.74) is 2.79. The highest BCUT2D eigenvalue weighted by molar-refractivity contribution is 5.53. The Kier molecular flexibility index (Phi) is 11.4. The Morgan fingerprint density at radius 2 is 1.25 bits per heavy atom. The number of para-hydroxylation sites is 1. The lowest BCUT2D eigenvalue weighted by Crippen LogP contribution is -2.25. The van der Waals surface area contributed by atoms with Gasteiger partial charge in [-0.1, -0.05) is 68.4 Å². The first-order valence-corrected chi connectivity index (χ1v) is 17.9. The van der Waals surface area contributed by atoms with Crippen LogP contribution < -0.4 is 0 Å². The fourth-order valence-corrected chi connectivity index (χ4v) is 7.76. The minimum absolute atomic E-state index is 0.00634. The van der Waals surface area contributed by atoms with Crippen molar-refractivity contribution < 1.29 is 27.4 Å². The molecular formula is C43H40F4N2O4. The molecule has 0 spiro atoms. The lowest BCUT2D eigenvalue weighted by Gasteiger charge is -2.33. The molecule has 0 radical (unpaired) electrons. The second kappa shape index (κ2) is 16.1. The molecule has 274 valence electrons. The first kappa shape index (κ1) is 37.4. The zero-order valence-corrected chi connectivity index (χ0v) is 29.5. The van der Waals surface area contributed by atoms with Crippen LogP contribution in [0.4, 0.5) is 28.9 Å². The van der Waals surface area contributed by atoms with Crippen LogP contribution in [0.15, 0.2) is 97.1 Å². The predicted molar refractivity (Wildman–Crippen MR) is 196 cm³/mol. The molecule has 0 amide bonds. The maximum absolute atomic E-state index is 17.4. The van der Waals surface area contributed by atoms with Crippen LogP contribution in [0.3, 0.4) is 0 Å². The minimum Gasteiger partial charge on any atom is -0.258 e. The van der Waals surface area contributed by atoms with Gasteiger partial charge >= 0.3 is 0 Å². The summed E-state index contributed by atoms with van der Waals surface area (Å²) in [4.78, 5) is 23.1. The van der Waals surface area contributed by atoms with Crippen LogP contribution in [0, 0.1) is 61.3 Å². The smallest absolute Gasteiger partial charge is 0.258 e. The van der Waals surface area contributed by atoms with E-state index in [1.807, 2.05) is 0 Å². The largest absolute Gasteiger partial charge is 0.272 e. The second-order valence-corrected chi connectivity index (χ2v) is 14.5. The predicted octanol–water partition coefficient (Wildman–Crippen LogP) is 11.2. The number of halogens is 4. The monoisotopic (exact) mass is 724 g/mol. The molecule has 0 saturated heterocycles. The highest BCUT2D eigenvalue weighted by atomic mass is 19.2. The average Bonchev–Trinajstić information content (AvgIpc) is 3.98. The Balaban J connectivity index is 1.66. The Hall–Kier alpha value is -5.38. The zero-order valence-electron chi connectivity index (χ0n) is 29.5. The van der Waals surface area contributed by atoms with Gasteiger partial charge < -0.3 is 0 Å². The van der Waals surface area contributed by atoms with E-state index < -0.39 is 39.0 Å². The summed E-state index contributed by atoms with van der Waals surface area (Å²) < 4.78 is 62.6. The van der Waals surface area contributed by atoms with E-state index in [0.717, 1.165) is 12.8 Å². The number of non-ortho nitro benzene ring substituents is 1. The molecule has 0 heterocycles. The van der Waals surface area contributed by atoms with E-state index in [2.05, 4.69) is 13.8 Å². The minimum atomic E-state index is -1.07. The summed E-state index contributed by atoms with van der Waals surface area (Å²) in [6.45, 7) is 4.12. The summed E-state index contributed by atoms with van der Waals surface area (Å²) in [5, 5.41) is 24.1. The van der Waals surface area contributed by atoms with Crippen molar-refractivity contribution >= 4 is 11.4 Å². The molecule has 10 heteroatoms. The van der Waals surface area contributed by atoms with E-state index in [1.54, 1.807) is 42.5 Å². The van der Waals surface area contributed by atoms with Gasteiger partial charge in [-0.05, 0) is 125 Å². The molecule has 1 fully saturated rings. The molecule has 0 bridgehead atoms. The van der Waals surface area contributed by atoms with E-state index in [-0.39, 0.29) is 65.9 Å². The third-order valence-electron chi connectivity index (χ3n) is 10.3. The van der Waals surface area contributed by atoms with Crippen molar-refractivity contribution in [3.63, 3.8) is 0 Å². The van der Waals surface area contributed by atoms with Crippen molar-refractivity contribution in [3.8, 4) is 0 Å². The average molecular weight is 725 g/mol. The molecule has 1 aliphatic rings. The van der Waals surface area contributed by atoms with Gasteiger partial charge in [-0.2, -0.15) is 0 Å². The van der Waals surface area contributed by atoms with Gasteiger partial charge in [0.15, 0.2) is 11.6 Å². The number of benzene rings is 5. The van der Waals surface area contributed by atoms with Crippen molar-refractivity contribution in [2.75, 3.05) is 0 Å². The Labute approximate surface area is 305 Å². The van der Waals surface area contributed by atoms with E-state index in [9.17, 15) is 29.0 Å². The van der Waals surface area contributed by atoms with Crippen LogP contribution in [0.1, 0.15) is 83.5 Å². The van der Waals surface area contributed by atoms with Crippen molar-refractivity contribution in [2.45, 2.75) is 64.7 Å². The number of nitro groups is 2. The van der Waals surface area contributed by atoms with Crippen molar-refractivity contribution in [1.29, 1.82) is 0 Å². The fourth-order valence-electron chi connectivity index (χ4n) is 7.76. The number of hydrogen-bond donors (Lipinski definition) is 0. The molecule has 0 N–H and O–H groups in total. The van der Waals surface area contributed by atoms with E-state index in [4.69, 9.17) is 0 Å². The van der Waals surface area contributed by atoms with Crippen LogP contribution in [-0.2, 0) is 25.7 Å². The first-order valence-electron chi connectivity index (χ1n) is 17.9. The van der Waals surface area contributed by atoms with Gasteiger partial charge in [0.1, 0.15) is 11.6 Å². The number of hydrogen-bond acceptors (Lipinski definition) is 4. The lowest BCUT2D eigenvalue weighted by molar-refractivity contribution is -0.385. The van der Waals surface area contributed by atoms with Crippen molar-refractivity contribution in [1.82, 2.24) is 0 Å². The highest BCUT2D eigenvalue weighted by Gasteiger charge is 2.41. The molecule has 6 nitrogen and oxygen atoms in total. The third kappa shape index (κ3) is 8.81. The van der Waals surface area contributed by atoms with Gasteiger partial charge in [-0.25, -0.2) is 17.6 Å². The summed E-state index contributed by atoms with van der Waals surface area (Å²) in [6.07, 6.45) is 2.49. The fraction of sp³-hybridized carbons (Fsp3) is 0.302. The van der Waals surface area contributed by atoms with Crippen LogP contribution in [0.25, 0.3) is 0 Å². The summed E-state index contributed by atoms with van der Waals surface area (Å²) >= 11 is 0. The normalized spacial score (nSPS) is 13.9. The molecule has 6 rings (SSSR count). The molecule has 0 aromatic heterocycles. The summed E-state index contributed by atoms with van der Waals surface area (Å²) in [5.74, 6) is -3.57. The number of nitro benzene ring substituents is 2. The maximum Gasteiger partial charge on any atom is 0.272 e. The van der Waals surface area contributed by atoms with Crippen LogP contribution >= 0.6 is 0 Å². The third-order valence-corrected chi connectivity index (χ3v) is 10.3. The summed E-state index contributed by atoms with van der Waals surface area (Å²) in [6, 6.07) is 23.6. The lowest BCUT2D eigenvalue weighted by atomic mass is 9.71. The van der Waals surface area contributed by atoms with Crippen molar-refractivity contribution in [2.24, 2.45) is 17.8 Å². The second-order valence-electron chi connectivity index (χ2n) is 14.5. The Bertz CT molecular complexity index is 2120. The Morgan fingerprint density at radius 1 is 0.660 bits per heavy atom. The van der Waals surface area contributed by atoms with Gasteiger partial charge in [-0.15, -0.1) is 0 Å². The Morgan fingerprint density at radius 3 is 1.81 bits per heavy atom. The first-order chi connectivity index (χ1) is 25.4. The summed E-state index contributed by atoms with van der Waals surface area (Å²) in [7, 11) is 0. The van der Waals surface area contributed by atoms with Crippen LogP contribution in [0.5, 0.6) is 0 Å². The van der Waals surface area contributed by atoms with Gasteiger partial charge in [0, 0.05) is 30.2 Å².